The molecule has 5 nitrogen and oxygen atoms in total. The van der Waals surface area contributed by atoms with Crippen molar-refractivity contribution in [2.45, 2.75) is 6.92 Å². The summed E-state index contributed by atoms with van der Waals surface area (Å²) in [5.74, 6) is -0.0117. The lowest BCUT2D eigenvalue weighted by Crippen LogP contribution is -2.16. The van der Waals surface area contributed by atoms with E-state index in [1.807, 2.05) is 59.4 Å². The number of para-hydroxylation sites is 1. The molecule has 2 aromatic carbocycles. The molecule has 0 aliphatic heterocycles. The number of rotatable bonds is 4. The van der Waals surface area contributed by atoms with Gasteiger partial charge in [-0.15, -0.1) is 0 Å². The topological polar surface area (TPSA) is 51.9 Å². The lowest BCUT2D eigenvalue weighted by Gasteiger charge is -2.11. The van der Waals surface area contributed by atoms with Crippen molar-refractivity contribution in [3.63, 3.8) is 0 Å². The van der Waals surface area contributed by atoms with E-state index in [1.54, 1.807) is 11.6 Å². The molecule has 0 spiro atoms. The van der Waals surface area contributed by atoms with E-state index in [0.717, 1.165) is 5.69 Å². The van der Waals surface area contributed by atoms with E-state index in [2.05, 4.69) is 10.4 Å². The lowest BCUT2D eigenvalue weighted by molar-refractivity contribution is 0.102. The molecule has 0 saturated heterocycles. The number of benzene rings is 2. The molecule has 1 N–H and O–H groups in total. The quantitative estimate of drug-likeness (QED) is 0.588. The van der Waals surface area contributed by atoms with Gasteiger partial charge >= 0.3 is 0 Å². The zero-order chi connectivity index (χ0) is 18.8. The third kappa shape index (κ3) is 3.25. The second-order valence-corrected chi connectivity index (χ2v) is 6.08. The fourth-order valence-electron chi connectivity index (χ4n) is 2.97. The van der Waals surface area contributed by atoms with Crippen molar-refractivity contribution < 1.29 is 9.18 Å². The van der Waals surface area contributed by atoms with Gasteiger partial charge in [0.05, 0.1) is 11.4 Å². The average molecular weight is 360 g/mol. The standard InChI is InChI=1S/C21H17FN4O/c1-15-19(20(27)23-17-11-9-16(22)10-12-17)21(25-13-5-6-14-25)26(24-15)18-7-3-2-4-8-18/h2-14H,1H3,(H,23,27). The summed E-state index contributed by atoms with van der Waals surface area (Å²) in [7, 11) is 0. The normalized spacial score (nSPS) is 10.7. The molecule has 6 heteroatoms. The minimum absolute atomic E-state index is 0.301. The molecular formula is C21H17FN4O. The van der Waals surface area contributed by atoms with E-state index in [1.165, 1.54) is 24.3 Å². The van der Waals surface area contributed by atoms with Gasteiger partial charge in [-0.25, -0.2) is 9.07 Å². The van der Waals surface area contributed by atoms with Crippen LogP contribution in [0.5, 0.6) is 0 Å². The Balaban J connectivity index is 1.81. The van der Waals surface area contributed by atoms with E-state index in [4.69, 9.17) is 0 Å². The van der Waals surface area contributed by atoms with Gasteiger partial charge in [0.15, 0.2) is 5.82 Å². The fourth-order valence-corrected chi connectivity index (χ4v) is 2.97. The summed E-state index contributed by atoms with van der Waals surface area (Å²) in [5, 5.41) is 7.41. The maximum Gasteiger partial charge on any atom is 0.261 e. The first-order chi connectivity index (χ1) is 13.1. The van der Waals surface area contributed by atoms with E-state index in [-0.39, 0.29) is 11.7 Å². The SMILES string of the molecule is Cc1nn(-c2ccccc2)c(-n2cccc2)c1C(=O)Nc1ccc(F)cc1. The Hall–Kier alpha value is -3.67. The summed E-state index contributed by atoms with van der Waals surface area (Å²) in [4.78, 5) is 13.0. The number of nitrogens with zero attached hydrogens (tertiary/aromatic N) is 3. The van der Waals surface area contributed by atoms with Gasteiger partial charge in [0.1, 0.15) is 11.4 Å². The largest absolute Gasteiger partial charge is 0.322 e. The molecule has 0 radical (unpaired) electrons. The van der Waals surface area contributed by atoms with E-state index in [9.17, 15) is 9.18 Å². The lowest BCUT2D eigenvalue weighted by atomic mass is 10.2. The molecule has 4 rings (SSSR count). The summed E-state index contributed by atoms with van der Waals surface area (Å²) in [5.41, 5.74) is 2.43. The fraction of sp³-hybridized carbons (Fsp3) is 0.0476. The van der Waals surface area contributed by atoms with Gasteiger partial charge < -0.3 is 9.88 Å². The Labute approximate surface area is 155 Å². The minimum atomic E-state index is -0.353. The van der Waals surface area contributed by atoms with Crippen molar-refractivity contribution in [1.82, 2.24) is 14.3 Å². The Bertz CT molecular complexity index is 1070. The van der Waals surface area contributed by atoms with Crippen LogP contribution < -0.4 is 5.32 Å². The molecule has 0 bridgehead atoms. The molecule has 27 heavy (non-hydrogen) atoms. The molecule has 0 atom stereocenters. The third-order valence-electron chi connectivity index (χ3n) is 4.21. The number of nitrogens with one attached hydrogen (secondary N) is 1. The van der Waals surface area contributed by atoms with Crippen LogP contribution in [0, 0.1) is 12.7 Å². The Morgan fingerprint density at radius 2 is 1.63 bits per heavy atom. The summed E-state index contributed by atoms with van der Waals surface area (Å²) in [6.07, 6.45) is 3.73. The Morgan fingerprint density at radius 1 is 0.963 bits per heavy atom. The summed E-state index contributed by atoms with van der Waals surface area (Å²) in [6.45, 7) is 1.80. The van der Waals surface area contributed by atoms with Gasteiger partial charge in [0, 0.05) is 18.1 Å². The monoisotopic (exact) mass is 360 g/mol. The molecule has 0 unspecified atom stereocenters. The number of carbonyl (C=O) groups is 1. The first kappa shape index (κ1) is 16.8. The third-order valence-corrected chi connectivity index (χ3v) is 4.21. The smallest absolute Gasteiger partial charge is 0.261 e. The molecule has 0 aliphatic rings. The molecule has 0 saturated carbocycles. The first-order valence-electron chi connectivity index (χ1n) is 8.49. The maximum atomic E-state index is 13.1. The number of hydrogen-bond acceptors (Lipinski definition) is 2. The molecular weight excluding hydrogens is 343 g/mol. The van der Waals surface area contributed by atoms with E-state index >= 15 is 0 Å². The summed E-state index contributed by atoms with van der Waals surface area (Å²) >= 11 is 0. The van der Waals surface area contributed by atoms with Crippen LogP contribution in [0.25, 0.3) is 11.5 Å². The van der Waals surface area contributed by atoms with Crippen LogP contribution in [-0.2, 0) is 0 Å². The number of halogens is 1. The number of aromatic nitrogens is 3. The van der Waals surface area contributed by atoms with E-state index in [0.29, 0.717) is 22.8 Å². The maximum absolute atomic E-state index is 13.1. The van der Waals surface area contributed by atoms with Crippen molar-refractivity contribution in [2.24, 2.45) is 0 Å². The number of amides is 1. The average Bonchev–Trinajstić information content (AvgIpc) is 3.31. The van der Waals surface area contributed by atoms with Crippen LogP contribution in [0.1, 0.15) is 16.1 Å². The number of hydrogen-bond donors (Lipinski definition) is 1. The van der Waals surface area contributed by atoms with E-state index < -0.39 is 0 Å². The summed E-state index contributed by atoms with van der Waals surface area (Å²) in [6, 6.07) is 19.1. The second-order valence-electron chi connectivity index (χ2n) is 6.08. The van der Waals surface area contributed by atoms with Crippen molar-refractivity contribution in [3.8, 4) is 11.5 Å². The zero-order valence-electron chi connectivity index (χ0n) is 14.6. The molecule has 4 aromatic rings. The molecule has 2 aromatic heterocycles. The molecule has 2 heterocycles. The van der Waals surface area contributed by atoms with Gasteiger partial charge in [-0.05, 0) is 55.5 Å². The highest BCUT2D eigenvalue weighted by molar-refractivity contribution is 6.07. The van der Waals surface area contributed by atoms with Crippen LogP contribution >= 0.6 is 0 Å². The van der Waals surface area contributed by atoms with Gasteiger partial charge in [0.25, 0.3) is 5.91 Å². The highest BCUT2D eigenvalue weighted by atomic mass is 19.1. The number of carbonyl (C=O) groups excluding carboxylic acids is 1. The summed E-state index contributed by atoms with van der Waals surface area (Å²) < 4.78 is 16.7. The van der Waals surface area contributed by atoms with Crippen molar-refractivity contribution in [1.29, 1.82) is 0 Å². The number of aryl methyl sites for hydroxylation is 1. The van der Waals surface area contributed by atoms with Crippen LogP contribution in [0.2, 0.25) is 0 Å². The van der Waals surface area contributed by atoms with Crippen molar-refractivity contribution in [3.05, 3.63) is 96.2 Å². The molecule has 0 aliphatic carbocycles. The Kier molecular flexibility index (Phi) is 4.30. The van der Waals surface area contributed by atoms with Gasteiger partial charge in [-0.1, -0.05) is 18.2 Å². The van der Waals surface area contributed by atoms with Gasteiger partial charge in [-0.2, -0.15) is 5.10 Å². The van der Waals surface area contributed by atoms with Crippen LogP contribution in [-0.4, -0.2) is 20.3 Å². The van der Waals surface area contributed by atoms with Crippen molar-refractivity contribution in [2.75, 3.05) is 5.32 Å². The van der Waals surface area contributed by atoms with Crippen LogP contribution in [0.4, 0.5) is 10.1 Å². The Morgan fingerprint density at radius 3 is 2.30 bits per heavy atom. The second kappa shape index (κ2) is 6.92. The molecule has 134 valence electrons. The molecule has 1 amide bonds. The molecule has 0 fully saturated rings. The van der Waals surface area contributed by atoms with Gasteiger partial charge in [-0.3, -0.25) is 4.79 Å². The van der Waals surface area contributed by atoms with Crippen LogP contribution in [0.3, 0.4) is 0 Å². The van der Waals surface area contributed by atoms with Crippen molar-refractivity contribution >= 4 is 11.6 Å². The highest BCUT2D eigenvalue weighted by Gasteiger charge is 2.23. The minimum Gasteiger partial charge on any atom is -0.322 e. The predicted octanol–water partition coefficient (Wildman–Crippen LogP) is 4.36. The predicted molar refractivity (Wildman–Crippen MR) is 102 cm³/mol. The number of anilines is 1. The highest BCUT2D eigenvalue weighted by Crippen LogP contribution is 2.24. The van der Waals surface area contributed by atoms with Crippen LogP contribution in [0.15, 0.2) is 79.1 Å². The first-order valence-corrected chi connectivity index (χ1v) is 8.49. The van der Waals surface area contributed by atoms with Gasteiger partial charge in [0.2, 0.25) is 0 Å². The zero-order valence-corrected chi connectivity index (χ0v) is 14.6.